The lowest BCUT2D eigenvalue weighted by atomic mass is 9.92. The molecule has 2 heteroatoms. The van der Waals surface area contributed by atoms with Gasteiger partial charge in [-0.2, -0.15) is 0 Å². The van der Waals surface area contributed by atoms with Crippen LogP contribution in [0.3, 0.4) is 0 Å². The fourth-order valence-electron chi connectivity index (χ4n) is 2.14. The van der Waals surface area contributed by atoms with Gasteiger partial charge in [0, 0.05) is 14.9 Å². The van der Waals surface area contributed by atoms with Gasteiger partial charge in [0.25, 0.3) is 0 Å². The van der Waals surface area contributed by atoms with Gasteiger partial charge in [0.05, 0.1) is 0 Å². The Balaban J connectivity index is 2.16. The first-order valence-corrected chi connectivity index (χ1v) is 6.39. The molecule has 1 unspecified atom stereocenters. The Bertz CT molecular complexity index is 521. The molecule has 2 aliphatic carbocycles. The number of halogens is 2. The van der Waals surface area contributed by atoms with Crippen LogP contribution in [0.2, 0.25) is 0 Å². The van der Waals surface area contributed by atoms with E-state index in [9.17, 15) is 0 Å². The Morgan fingerprint density at radius 2 is 1.93 bits per heavy atom. The van der Waals surface area contributed by atoms with E-state index >= 15 is 0 Å². The molecule has 0 saturated heterocycles. The fourth-order valence-corrected chi connectivity index (χ4v) is 2.94. The zero-order chi connectivity index (χ0) is 10.4. The minimum absolute atomic E-state index is 0.453. The molecule has 0 aromatic heterocycles. The Morgan fingerprint density at radius 1 is 1.07 bits per heavy atom. The molecule has 0 fully saturated rings. The molecule has 0 spiro atoms. The molecule has 0 N–H and O–H groups in total. The smallest absolute Gasteiger partial charge is 0.0279 e. The lowest BCUT2D eigenvalue weighted by molar-refractivity contribution is 1.05. The Kier molecular flexibility index (Phi) is 2.22. The molecule has 1 atom stereocenters. The summed E-state index contributed by atoms with van der Waals surface area (Å²) < 4.78 is 2.29. The molecule has 0 amide bonds. The van der Waals surface area contributed by atoms with E-state index < -0.39 is 0 Å². The fraction of sp³-hybridized carbons (Fsp3) is 0.0769. The maximum Gasteiger partial charge on any atom is 0.0279 e. The quantitative estimate of drug-likeness (QED) is 0.644. The summed E-state index contributed by atoms with van der Waals surface area (Å²) in [5.74, 6) is 0.453. The van der Waals surface area contributed by atoms with E-state index in [-0.39, 0.29) is 0 Å². The van der Waals surface area contributed by atoms with Gasteiger partial charge in [-0.3, -0.25) is 0 Å². The van der Waals surface area contributed by atoms with Crippen molar-refractivity contribution in [3.05, 3.63) is 62.1 Å². The molecule has 0 bridgehead atoms. The minimum atomic E-state index is 0.453. The van der Waals surface area contributed by atoms with Crippen LogP contribution in [0.5, 0.6) is 0 Å². The summed E-state index contributed by atoms with van der Waals surface area (Å²) in [4.78, 5) is 0. The van der Waals surface area contributed by atoms with Gasteiger partial charge in [0.2, 0.25) is 0 Å². The third kappa shape index (κ3) is 1.56. The van der Waals surface area contributed by atoms with Crippen LogP contribution in [0, 0.1) is 0 Å². The molecule has 0 radical (unpaired) electrons. The summed E-state index contributed by atoms with van der Waals surface area (Å²) in [6.45, 7) is 0. The summed E-state index contributed by atoms with van der Waals surface area (Å²) in [5.41, 5.74) is 4.10. The highest BCUT2D eigenvalue weighted by molar-refractivity contribution is 9.12. The van der Waals surface area contributed by atoms with Crippen molar-refractivity contribution >= 4 is 37.9 Å². The van der Waals surface area contributed by atoms with Gasteiger partial charge in [-0.05, 0) is 34.9 Å². The highest BCUT2D eigenvalue weighted by Crippen LogP contribution is 2.42. The molecule has 1 aromatic carbocycles. The predicted molar refractivity (Wildman–Crippen MR) is 71.0 cm³/mol. The van der Waals surface area contributed by atoms with E-state index in [2.05, 4.69) is 74.4 Å². The molecule has 2 aliphatic rings. The predicted octanol–water partition coefficient (Wildman–Crippen LogP) is 4.78. The van der Waals surface area contributed by atoms with Crippen LogP contribution in [0.1, 0.15) is 17.0 Å². The van der Waals surface area contributed by atoms with Crippen molar-refractivity contribution in [3.8, 4) is 0 Å². The zero-order valence-corrected chi connectivity index (χ0v) is 11.0. The molecule has 74 valence electrons. The first-order valence-electron chi connectivity index (χ1n) is 4.80. The third-order valence-electron chi connectivity index (χ3n) is 2.82. The number of hydrogen-bond donors (Lipinski definition) is 0. The standard InChI is InChI=1S/C13H8Br2/c14-10-1-3-12-8(6-10)5-9-7-11(15)2-4-13(9)12/h1-7,12H. The number of fused-ring (bicyclic) bond motifs is 3. The first-order chi connectivity index (χ1) is 7.24. The van der Waals surface area contributed by atoms with Gasteiger partial charge >= 0.3 is 0 Å². The van der Waals surface area contributed by atoms with Crippen molar-refractivity contribution in [1.29, 1.82) is 0 Å². The van der Waals surface area contributed by atoms with Crippen molar-refractivity contribution in [2.75, 3.05) is 0 Å². The Labute approximate surface area is 106 Å². The van der Waals surface area contributed by atoms with E-state index in [4.69, 9.17) is 0 Å². The number of rotatable bonds is 0. The highest BCUT2D eigenvalue weighted by atomic mass is 79.9. The average Bonchev–Trinajstić information content (AvgIpc) is 2.53. The third-order valence-corrected chi connectivity index (χ3v) is 3.80. The molecule has 15 heavy (non-hydrogen) atoms. The number of allylic oxidation sites excluding steroid dienone is 5. The lowest BCUT2D eigenvalue weighted by Crippen LogP contribution is -1.96. The van der Waals surface area contributed by atoms with Gasteiger partial charge in [0.1, 0.15) is 0 Å². The van der Waals surface area contributed by atoms with Gasteiger partial charge in [0.15, 0.2) is 0 Å². The van der Waals surface area contributed by atoms with Crippen LogP contribution >= 0.6 is 31.9 Å². The van der Waals surface area contributed by atoms with Crippen LogP contribution in [-0.4, -0.2) is 0 Å². The van der Waals surface area contributed by atoms with Crippen molar-refractivity contribution in [2.45, 2.75) is 5.92 Å². The van der Waals surface area contributed by atoms with Crippen LogP contribution in [0.4, 0.5) is 0 Å². The van der Waals surface area contributed by atoms with E-state index in [1.54, 1.807) is 0 Å². The summed E-state index contributed by atoms with van der Waals surface area (Å²) in [6.07, 6.45) is 8.82. The van der Waals surface area contributed by atoms with E-state index in [0.29, 0.717) is 5.92 Å². The highest BCUT2D eigenvalue weighted by Gasteiger charge is 2.23. The second-order valence-electron chi connectivity index (χ2n) is 3.78. The van der Waals surface area contributed by atoms with Crippen LogP contribution < -0.4 is 0 Å². The lowest BCUT2D eigenvalue weighted by Gasteiger charge is -2.13. The average molecular weight is 324 g/mol. The van der Waals surface area contributed by atoms with Gasteiger partial charge in [-0.1, -0.05) is 56.2 Å². The largest absolute Gasteiger partial charge is 0.0715 e. The van der Waals surface area contributed by atoms with Crippen LogP contribution in [0.15, 0.2) is 51.0 Å². The van der Waals surface area contributed by atoms with Crippen molar-refractivity contribution < 1.29 is 0 Å². The molecule has 3 rings (SSSR count). The zero-order valence-electron chi connectivity index (χ0n) is 7.87. The second-order valence-corrected chi connectivity index (χ2v) is 5.61. The topological polar surface area (TPSA) is 0 Å². The summed E-state index contributed by atoms with van der Waals surface area (Å²) in [5, 5.41) is 0. The number of hydrogen-bond acceptors (Lipinski definition) is 0. The second kappa shape index (κ2) is 3.46. The molecular formula is C13H8Br2. The Hall–Kier alpha value is -0.600. The molecular weight excluding hydrogens is 316 g/mol. The van der Waals surface area contributed by atoms with Crippen molar-refractivity contribution in [1.82, 2.24) is 0 Å². The maximum absolute atomic E-state index is 3.51. The molecule has 0 heterocycles. The van der Waals surface area contributed by atoms with Gasteiger partial charge in [-0.15, -0.1) is 0 Å². The number of benzene rings is 1. The first kappa shape index (κ1) is 9.61. The van der Waals surface area contributed by atoms with Gasteiger partial charge in [-0.25, -0.2) is 0 Å². The molecule has 0 aliphatic heterocycles. The summed E-state index contributed by atoms with van der Waals surface area (Å²) >= 11 is 7.01. The van der Waals surface area contributed by atoms with Crippen LogP contribution in [-0.2, 0) is 0 Å². The maximum atomic E-state index is 3.51. The normalized spacial score (nSPS) is 21.9. The summed E-state index contributed by atoms with van der Waals surface area (Å²) in [7, 11) is 0. The monoisotopic (exact) mass is 322 g/mol. The van der Waals surface area contributed by atoms with E-state index in [0.717, 1.165) is 8.96 Å². The van der Waals surface area contributed by atoms with Crippen molar-refractivity contribution in [3.63, 3.8) is 0 Å². The minimum Gasteiger partial charge on any atom is -0.0715 e. The van der Waals surface area contributed by atoms with E-state index in [1.165, 1.54) is 16.7 Å². The van der Waals surface area contributed by atoms with E-state index in [1.807, 2.05) is 0 Å². The molecule has 1 aromatic rings. The summed E-state index contributed by atoms with van der Waals surface area (Å²) in [6, 6.07) is 6.48. The molecule has 0 saturated carbocycles. The SMILES string of the molecule is BrC1=CC2=Cc3cc(Br)ccc3C2C=C1. The van der Waals surface area contributed by atoms with Crippen LogP contribution in [0.25, 0.3) is 6.08 Å². The van der Waals surface area contributed by atoms with Crippen molar-refractivity contribution in [2.24, 2.45) is 0 Å². The van der Waals surface area contributed by atoms with Gasteiger partial charge < -0.3 is 0 Å². The Morgan fingerprint density at radius 3 is 2.80 bits per heavy atom. The molecule has 0 nitrogen and oxygen atoms in total.